The maximum Gasteiger partial charge on any atom is 0.345 e. The highest BCUT2D eigenvalue weighted by atomic mass is 35.5. The largest absolute Gasteiger partial charge is 0.345 e. The van der Waals surface area contributed by atoms with Gasteiger partial charge in [0.05, 0.1) is 11.2 Å². The van der Waals surface area contributed by atoms with Crippen molar-refractivity contribution in [2.75, 3.05) is 0 Å². The van der Waals surface area contributed by atoms with Gasteiger partial charge in [-0.3, -0.25) is 0 Å². The third-order valence-corrected chi connectivity index (χ3v) is 3.06. The average molecular weight is 275 g/mol. The van der Waals surface area contributed by atoms with E-state index in [2.05, 4.69) is 9.97 Å². The van der Waals surface area contributed by atoms with E-state index in [4.69, 9.17) is 11.6 Å². The molecule has 0 saturated carbocycles. The van der Waals surface area contributed by atoms with Crippen molar-refractivity contribution in [3.63, 3.8) is 0 Å². The summed E-state index contributed by atoms with van der Waals surface area (Å²) in [5, 5.41) is 1.11. The molecular formula is C14H8ClFN2O. The number of aromatic amines is 1. The van der Waals surface area contributed by atoms with Crippen molar-refractivity contribution in [3.05, 3.63) is 63.8 Å². The van der Waals surface area contributed by atoms with Crippen LogP contribution in [0.1, 0.15) is 0 Å². The van der Waals surface area contributed by atoms with Crippen LogP contribution in [0.2, 0.25) is 5.02 Å². The monoisotopic (exact) mass is 274 g/mol. The number of nitrogens with one attached hydrogen (secondary N) is 1. The summed E-state index contributed by atoms with van der Waals surface area (Å²) in [6, 6.07) is 11.2. The number of hydrogen-bond donors (Lipinski definition) is 1. The van der Waals surface area contributed by atoms with Crippen LogP contribution in [0.3, 0.4) is 0 Å². The molecule has 3 aromatic rings. The molecule has 3 nitrogen and oxygen atoms in total. The minimum absolute atomic E-state index is 0.279. The van der Waals surface area contributed by atoms with Gasteiger partial charge in [-0.05, 0) is 30.3 Å². The standard InChI is InChI=1S/C14H8ClFN2O/c15-8-5-6-12-10(7-8)13(18-14(19)17-12)9-3-1-2-4-11(9)16/h1-7H,(H,17,18,19). The molecule has 0 aliphatic heterocycles. The van der Waals surface area contributed by atoms with Crippen molar-refractivity contribution in [2.24, 2.45) is 0 Å². The maximum atomic E-state index is 13.9. The zero-order valence-corrected chi connectivity index (χ0v) is 10.4. The zero-order valence-electron chi connectivity index (χ0n) is 9.65. The Morgan fingerprint density at radius 3 is 2.74 bits per heavy atom. The molecule has 0 saturated heterocycles. The minimum Gasteiger partial charge on any atom is -0.305 e. The Balaban J connectivity index is 2.43. The van der Waals surface area contributed by atoms with Crippen molar-refractivity contribution in [1.82, 2.24) is 9.97 Å². The molecule has 0 bridgehead atoms. The number of H-pyrrole nitrogens is 1. The minimum atomic E-state index is -0.520. The van der Waals surface area contributed by atoms with Crippen LogP contribution in [0.4, 0.5) is 4.39 Å². The second-order valence-corrected chi connectivity index (χ2v) is 4.50. The van der Waals surface area contributed by atoms with Crippen LogP contribution in [0.15, 0.2) is 47.3 Å². The number of halogens is 2. The Morgan fingerprint density at radius 2 is 1.95 bits per heavy atom. The van der Waals surface area contributed by atoms with E-state index >= 15 is 0 Å². The number of nitrogens with zero attached hydrogens (tertiary/aromatic N) is 1. The van der Waals surface area contributed by atoms with Crippen LogP contribution in [-0.2, 0) is 0 Å². The molecule has 0 amide bonds. The number of fused-ring (bicyclic) bond motifs is 1. The first-order chi connectivity index (χ1) is 9.15. The van der Waals surface area contributed by atoms with E-state index in [0.717, 1.165) is 0 Å². The van der Waals surface area contributed by atoms with Crippen LogP contribution in [0.25, 0.3) is 22.2 Å². The first-order valence-electron chi connectivity index (χ1n) is 5.59. The second-order valence-electron chi connectivity index (χ2n) is 4.06. The third kappa shape index (κ3) is 2.11. The summed E-state index contributed by atoms with van der Waals surface area (Å²) in [6.45, 7) is 0. The van der Waals surface area contributed by atoms with Crippen LogP contribution < -0.4 is 5.69 Å². The molecule has 2 aromatic carbocycles. The summed E-state index contributed by atoms with van der Waals surface area (Å²) in [5.74, 6) is -0.429. The van der Waals surface area contributed by atoms with Gasteiger partial charge in [0.2, 0.25) is 0 Å². The molecule has 0 fully saturated rings. The fraction of sp³-hybridized carbons (Fsp3) is 0. The summed E-state index contributed by atoms with van der Waals surface area (Å²) in [7, 11) is 0. The molecule has 1 heterocycles. The topological polar surface area (TPSA) is 45.8 Å². The van der Waals surface area contributed by atoms with Gasteiger partial charge in [-0.2, -0.15) is 4.98 Å². The fourth-order valence-electron chi connectivity index (χ4n) is 1.98. The van der Waals surface area contributed by atoms with E-state index in [0.29, 0.717) is 21.6 Å². The van der Waals surface area contributed by atoms with Crippen molar-refractivity contribution >= 4 is 22.5 Å². The molecule has 0 radical (unpaired) electrons. The normalized spacial score (nSPS) is 10.8. The van der Waals surface area contributed by atoms with E-state index in [1.165, 1.54) is 6.07 Å². The molecule has 0 unspecified atom stereocenters. The molecule has 1 aromatic heterocycles. The molecule has 0 aliphatic carbocycles. The van der Waals surface area contributed by atoms with Gasteiger partial charge in [0.25, 0.3) is 0 Å². The van der Waals surface area contributed by atoms with Crippen LogP contribution >= 0.6 is 11.6 Å². The quantitative estimate of drug-likeness (QED) is 0.739. The summed E-state index contributed by atoms with van der Waals surface area (Å²) in [6.07, 6.45) is 0. The highest BCUT2D eigenvalue weighted by Gasteiger charge is 2.11. The molecule has 0 atom stereocenters. The van der Waals surface area contributed by atoms with E-state index in [9.17, 15) is 9.18 Å². The Labute approximate surface area is 112 Å². The van der Waals surface area contributed by atoms with Gasteiger partial charge in [-0.15, -0.1) is 0 Å². The highest BCUT2D eigenvalue weighted by molar-refractivity contribution is 6.31. The van der Waals surface area contributed by atoms with Crippen molar-refractivity contribution in [2.45, 2.75) is 0 Å². The van der Waals surface area contributed by atoms with Gasteiger partial charge >= 0.3 is 5.69 Å². The molecule has 3 rings (SSSR count). The second kappa shape index (κ2) is 4.48. The van der Waals surface area contributed by atoms with Crippen molar-refractivity contribution in [1.29, 1.82) is 0 Å². The Hall–Kier alpha value is -2.20. The fourth-order valence-corrected chi connectivity index (χ4v) is 2.16. The van der Waals surface area contributed by atoms with Gasteiger partial charge in [-0.25, -0.2) is 9.18 Å². The van der Waals surface area contributed by atoms with E-state index in [1.54, 1.807) is 36.4 Å². The van der Waals surface area contributed by atoms with Crippen molar-refractivity contribution in [3.8, 4) is 11.3 Å². The molecule has 1 N–H and O–H groups in total. The summed E-state index contributed by atoms with van der Waals surface area (Å²) >= 11 is 5.94. The van der Waals surface area contributed by atoms with E-state index in [1.807, 2.05) is 0 Å². The average Bonchev–Trinajstić information content (AvgIpc) is 2.39. The Morgan fingerprint density at radius 1 is 1.16 bits per heavy atom. The first-order valence-corrected chi connectivity index (χ1v) is 5.97. The molecule has 19 heavy (non-hydrogen) atoms. The molecule has 0 spiro atoms. The predicted molar refractivity (Wildman–Crippen MR) is 72.8 cm³/mol. The highest BCUT2D eigenvalue weighted by Crippen LogP contribution is 2.28. The predicted octanol–water partition coefficient (Wildman–Crippen LogP) is 3.38. The molecule has 94 valence electrons. The molecule has 0 aliphatic rings. The Bertz CT molecular complexity index is 829. The summed E-state index contributed by atoms with van der Waals surface area (Å²) in [4.78, 5) is 18.0. The Kier molecular flexibility index (Phi) is 2.80. The summed E-state index contributed by atoms with van der Waals surface area (Å²) < 4.78 is 13.9. The van der Waals surface area contributed by atoms with Crippen molar-refractivity contribution < 1.29 is 4.39 Å². The van der Waals surface area contributed by atoms with Crippen LogP contribution in [0, 0.1) is 5.82 Å². The van der Waals surface area contributed by atoms with E-state index in [-0.39, 0.29) is 5.56 Å². The van der Waals surface area contributed by atoms with Gasteiger partial charge in [0, 0.05) is 16.0 Å². The lowest BCUT2D eigenvalue weighted by Crippen LogP contribution is -2.11. The maximum absolute atomic E-state index is 13.9. The molecular weight excluding hydrogens is 267 g/mol. The molecule has 5 heteroatoms. The first kappa shape index (κ1) is 11.9. The van der Waals surface area contributed by atoms with Gasteiger partial charge in [-0.1, -0.05) is 23.7 Å². The smallest absolute Gasteiger partial charge is 0.305 e. The van der Waals surface area contributed by atoms with Gasteiger partial charge < -0.3 is 4.98 Å². The SMILES string of the molecule is O=c1nc(-c2ccccc2F)c2cc(Cl)ccc2[nH]1. The lowest BCUT2D eigenvalue weighted by Gasteiger charge is -2.06. The third-order valence-electron chi connectivity index (χ3n) is 2.82. The van der Waals surface area contributed by atoms with Crippen LogP contribution in [-0.4, -0.2) is 9.97 Å². The lowest BCUT2D eigenvalue weighted by atomic mass is 10.1. The van der Waals surface area contributed by atoms with Gasteiger partial charge in [0.15, 0.2) is 0 Å². The number of hydrogen-bond acceptors (Lipinski definition) is 2. The van der Waals surface area contributed by atoms with E-state index < -0.39 is 11.5 Å². The van der Waals surface area contributed by atoms with Gasteiger partial charge in [0.1, 0.15) is 5.82 Å². The summed E-state index contributed by atoms with van der Waals surface area (Å²) in [5.41, 5.74) is 0.621. The number of rotatable bonds is 1. The zero-order chi connectivity index (χ0) is 13.4. The number of aromatic nitrogens is 2. The number of benzene rings is 2. The lowest BCUT2D eigenvalue weighted by molar-refractivity contribution is 0.631. The van der Waals surface area contributed by atoms with Crippen LogP contribution in [0.5, 0.6) is 0 Å².